The average molecular weight is 468 g/mol. The molecule has 0 radical (unpaired) electrons. The molecule has 1 aromatic heterocycles. The fraction of sp³-hybridized carbons (Fsp3) is 0.111. The second kappa shape index (κ2) is 8.34. The maximum absolute atomic E-state index is 11.4. The zero-order valence-corrected chi connectivity index (χ0v) is 16.9. The molecule has 0 saturated carbocycles. The first-order valence-electron chi connectivity index (χ1n) is 9.39. The van der Waals surface area contributed by atoms with Gasteiger partial charge < -0.3 is 18.9 Å². The first-order valence-corrected chi connectivity index (χ1v) is 9.39. The Hall–Kier alpha value is -5.28. The molecule has 0 aliphatic carbocycles. The van der Waals surface area contributed by atoms with Crippen LogP contribution < -0.4 is 24.4 Å². The number of hydrogen-bond acceptors (Lipinski definition) is 13. The van der Waals surface area contributed by atoms with Crippen molar-refractivity contribution in [1.29, 1.82) is 0 Å². The van der Waals surface area contributed by atoms with Crippen molar-refractivity contribution < 1.29 is 28.8 Å². The number of aromatic nitrogens is 3. The van der Waals surface area contributed by atoms with E-state index in [1.807, 2.05) is 0 Å². The lowest BCUT2D eigenvalue weighted by molar-refractivity contribution is -0.385. The molecule has 0 bridgehead atoms. The van der Waals surface area contributed by atoms with Gasteiger partial charge in [0.1, 0.15) is 6.33 Å². The normalized spacial score (nSPS) is 13.6. The monoisotopic (exact) mass is 468 g/mol. The summed E-state index contributed by atoms with van der Waals surface area (Å²) < 4.78 is 22.0. The molecule has 0 saturated heterocycles. The molecule has 34 heavy (non-hydrogen) atoms. The maximum Gasteiger partial charge on any atom is 0.282 e. The number of nitro groups is 2. The minimum atomic E-state index is -0.575. The Bertz CT molecular complexity index is 1370. The maximum atomic E-state index is 11.4. The third-order valence-corrected chi connectivity index (χ3v) is 4.66. The lowest BCUT2D eigenvalue weighted by atomic mass is 10.1. The largest absolute Gasteiger partial charge is 0.454 e. The number of nitro benzene ring substituents is 2. The molecule has 0 unspecified atom stereocenters. The van der Waals surface area contributed by atoms with Crippen LogP contribution >= 0.6 is 0 Å². The highest BCUT2D eigenvalue weighted by molar-refractivity contribution is 5.88. The van der Waals surface area contributed by atoms with Gasteiger partial charge in [0.25, 0.3) is 17.3 Å². The van der Waals surface area contributed by atoms with E-state index < -0.39 is 9.85 Å². The van der Waals surface area contributed by atoms with Crippen LogP contribution in [0.2, 0.25) is 0 Å². The van der Waals surface area contributed by atoms with E-state index in [2.05, 4.69) is 25.8 Å². The number of rotatable bonds is 7. The first-order chi connectivity index (χ1) is 16.5. The van der Waals surface area contributed by atoms with E-state index in [0.29, 0.717) is 11.5 Å². The molecule has 0 amide bonds. The lowest BCUT2D eigenvalue weighted by Gasteiger charge is -2.02. The molecule has 172 valence electrons. The van der Waals surface area contributed by atoms with Gasteiger partial charge in [-0.1, -0.05) is 0 Å². The Balaban J connectivity index is 1.37. The van der Waals surface area contributed by atoms with Crippen LogP contribution in [0.3, 0.4) is 0 Å². The molecule has 16 heteroatoms. The van der Waals surface area contributed by atoms with E-state index in [1.165, 1.54) is 47.7 Å². The molecule has 16 nitrogen and oxygen atoms in total. The molecule has 1 N–H and O–H groups in total. The molecule has 0 atom stereocenters. The van der Waals surface area contributed by atoms with Crippen LogP contribution in [0.25, 0.3) is 0 Å². The van der Waals surface area contributed by atoms with E-state index in [4.69, 9.17) is 18.9 Å². The van der Waals surface area contributed by atoms with E-state index in [0.717, 1.165) is 0 Å². The SMILES string of the molecule is O=[N+]([O-])c1cc2c(cc1/C=N\Nc1nncn1/N=C\c1cc3c(cc1[N+](=O)[O-])OCO3)OCO2. The standard InChI is InChI=1S/C18H12N8O8/c27-25(28)12-3-16-14(31-8-33-16)1-10(12)5-19-22-18-23-20-7-24(18)21-6-11-2-15-17(34-9-32-15)4-13(11)26(29)30/h1-7H,8-9H2,(H,22,23)/b19-5-,21-6-. The molecule has 5 rings (SSSR count). The van der Waals surface area contributed by atoms with Gasteiger partial charge >= 0.3 is 0 Å². The molecule has 3 aromatic rings. The number of fused-ring (bicyclic) bond motifs is 2. The molecule has 2 aromatic carbocycles. The summed E-state index contributed by atoms with van der Waals surface area (Å²) in [6.07, 6.45) is 3.66. The van der Waals surface area contributed by atoms with E-state index in [1.54, 1.807) is 0 Å². The highest BCUT2D eigenvalue weighted by Gasteiger charge is 2.23. The summed E-state index contributed by atoms with van der Waals surface area (Å²) in [4.78, 5) is 21.6. The van der Waals surface area contributed by atoms with Crippen LogP contribution in [-0.4, -0.2) is 50.7 Å². The van der Waals surface area contributed by atoms with Gasteiger partial charge in [-0.3, -0.25) is 20.2 Å². The van der Waals surface area contributed by atoms with Crippen molar-refractivity contribution in [3.63, 3.8) is 0 Å². The van der Waals surface area contributed by atoms with Gasteiger partial charge in [0.15, 0.2) is 23.0 Å². The second-order valence-corrected chi connectivity index (χ2v) is 6.66. The van der Waals surface area contributed by atoms with Crippen LogP contribution in [0.1, 0.15) is 11.1 Å². The summed E-state index contributed by atoms with van der Waals surface area (Å²) >= 11 is 0. The number of hydrazone groups is 1. The number of nitrogens with one attached hydrogen (secondary N) is 1. The predicted molar refractivity (Wildman–Crippen MR) is 113 cm³/mol. The summed E-state index contributed by atoms with van der Waals surface area (Å²) in [5.74, 6) is 1.28. The highest BCUT2D eigenvalue weighted by Crippen LogP contribution is 2.38. The molecular weight excluding hydrogens is 456 g/mol. The van der Waals surface area contributed by atoms with Gasteiger partial charge in [-0.2, -0.15) is 14.9 Å². The quantitative estimate of drug-likeness (QED) is 0.302. The Labute approximate surface area is 188 Å². The summed E-state index contributed by atoms with van der Waals surface area (Å²) in [6, 6.07) is 5.35. The van der Waals surface area contributed by atoms with Gasteiger partial charge in [-0.15, -0.1) is 10.2 Å². The van der Waals surface area contributed by atoms with Crippen molar-refractivity contribution in [3.05, 3.63) is 61.9 Å². The summed E-state index contributed by atoms with van der Waals surface area (Å²) in [6.45, 7) is -0.0693. The number of anilines is 1. The minimum Gasteiger partial charge on any atom is -0.454 e. The Kier molecular flexibility index (Phi) is 5.05. The van der Waals surface area contributed by atoms with Crippen molar-refractivity contribution in [2.75, 3.05) is 19.0 Å². The van der Waals surface area contributed by atoms with Gasteiger partial charge in [-0.25, -0.2) is 5.43 Å². The zero-order valence-electron chi connectivity index (χ0n) is 16.9. The van der Waals surface area contributed by atoms with Crippen LogP contribution in [-0.2, 0) is 0 Å². The van der Waals surface area contributed by atoms with Crippen molar-refractivity contribution in [2.45, 2.75) is 0 Å². The molecular formula is C18H12N8O8. The van der Waals surface area contributed by atoms with Crippen LogP contribution in [0, 0.1) is 20.2 Å². The van der Waals surface area contributed by atoms with Crippen molar-refractivity contribution in [2.24, 2.45) is 10.2 Å². The highest BCUT2D eigenvalue weighted by atomic mass is 16.7. The van der Waals surface area contributed by atoms with E-state index in [-0.39, 0.29) is 53.5 Å². The van der Waals surface area contributed by atoms with E-state index in [9.17, 15) is 20.2 Å². The minimum absolute atomic E-state index is 0.0338. The molecule has 2 aliphatic rings. The van der Waals surface area contributed by atoms with Crippen LogP contribution in [0.15, 0.2) is 40.8 Å². The molecule has 0 spiro atoms. The fourth-order valence-electron chi connectivity index (χ4n) is 3.09. The lowest BCUT2D eigenvalue weighted by Crippen LogP contribution is -2.01. The van der Waals surface area contributed by atoms with Crippen molar-refractivity contribution in [3.8, 4) is 23.0 Å². The number of hydrogen-bond donors (Lipinski definition) is 1. The zero-order chi connectivity index (χ0) is 23.7. The van der Waals surface area contributed by atoms with Gasteiger partial charge in [0.2, 0.25) is 13.6 Å². The number of ether oxygens (including phenoxy) is 4. The molecule has 0 fully saturated rings. The third-order valence-electron chi connectivity index (χ3n) is 4.66. The van der Waals surface area contributed by atoms with Gasteiger partial charge in [0, 0.05) is 0 Å². The van der Waals surface area contributed by atoms with Gasteiger partial charge in [-0.05, 0) is 12.1 Å². The third kappa shape index (κ3) is 3.85. The summed E-state index contributed by atoms with van der Waals surface area (Å²) in [7, 11) is 0. The fourth-order valence-corrected chi connectivity index (χ4v) is 3.09. The van der Waals surface area contributed by atoms with Crippen LogP contribution in [0.4, 0.5) is 17.3 Å². The smallest absolute Gasteiger partial charge is 0.282 e. The Morgan fingerprint density at radius 1 is 0.882 bits per heavy atom. The van der Waals surface area contributed by atoms with E-state index >= 15 is 0 Å². The summed E-state index contributed by atoms with van der Waals surface area (Å²) in [5, 5.41) is 38.3. The second-order valence-electron chi connectivity index (χ2n) is 6.66. The predicted octanol–water partition coefficient (Wildman–Crippen LogP) is 1.88. The topological polar surface area (TPSA) is 191 Å². The van der Waals surface area contributed by atoms with Crippen molar-refractivity contribution in [1.82, 2.24) is 14.9 Å². The Morgan fingerprint density at radius 2 is 1.41 bits per heavy atom. The average Bonchev–Trinajstić information content (AvgIpc) is 3.56. The first kappa shape index (κ1) is 20.6. The van der Waals surface area contributed by atoms with Gasteiger partial charge in [0.05, 0.1) is 45.5 Å². The molecule has 2 aliphatic heterocycles. The van der Waals surface area contributed by atoms with Crippen LogP contribution in [0.5, 0.6) is 23.0 Å². The number of benzene rings is 2. The number of nitrogens with zero attached hydrogens (tertiary/aromatic N) is 7. The Morgan fingerprint density at radius 3 is 1.97 bits per heavy atom. The summed E-state index contributed by atoms with van der Waals surface area (Å²) in [5.41, 5.74) is 2.42. The van der Waals surface area contributed by atoms with Crippen molar-refractivity contribution >= 4 is 29.8 Å². The molecule has 3 heterocycles.